The average molecular weight is 175 g/mol. The summed E-state index contributed by atoms with van der Waals surface area (Å²) in [4.78, 5) is 8.26. The highest BCUT2D eigenvalue weighted by Gasteiger charge is 2.02. The number of benzene rings is 1. The van der Waals surface area contributed by atoms with E-state index >= 15 is 0 Å². The van der Waals surface area contributed by atoms with E-state index in [1.54, 1.807) is 0 Å². The van der Waals surface area contributed by atoms with Crippen LogP contribution in [-0.2, 0) is 6.61 Å². The number of hydrogen-bond donors (Lipinski definition) is 2. The lowest BCUT2D eigenvalue weighted by molar-refractivity contribution is 0.277. The third-order valence-electron chi connectivity index (χ3n) is 1.82. The number of nitrogen functional groups attached to an aromatic ring is 1. The summed E-state index contributed by atoms with van der Waals surface area (Å²) in [5, 5.41) is 8.90. The van der Waals surface area contributed by atoms with E-state index in [0.717, 1.165) is 11.0 Å². The van der Waals surface area contributed by atoms with Gasteiger partial charge in [0.05, 0.1) is 17.6 Å². The van der Waals surface area contributed by atoms with Gasteiger partial charge in [-0.25, -0.2) is 9.97 Å². The lowest BCUT2D eigenvalue weighted by Gasteiger charge is -2.02. The van der Waals surface area contributed by atoms with Gasteiger partial charge in [-0.05, 0) is 12.1 Å². The zero-order valence-electron chi connectivity index (χ0n) is 6.94. The molecule has 0 saturated carbocycles. The summed E-state index contributed by atoms with van der Waals surface area (Å²) in [6.45, 7) is -0.177. The van der Waals surface area contributed by atoms with Crippen molar-refractivity contribution < 1.29 is 5.11 Å². The first-order valence-electron chi connectivity index (χ1n) is 3.93. The molecule has 1 heterocycles. The van der Waals surface area contributed by atoms with Gasteiger partial charge in [0.2, 0.25) is 0 Å². The first kappa shape index (κ1) is 7.94. The molecule has 4 nitrogen and oxygen atoms in total. The van der Waals surface area contributed by atoms with Gasteiger partial charge in [-0.1, -0.05) is 12.1 Å². The maximum atomic E-state index is 8.90. The second kappa shape index (κ2) is 2.99. The van der Waals surface area contributed by atoms with E-state index in [9.17, 15) is 0 Å². The first-order chi connectivity index (χ1) is 6.31. The van der Waals surface area contributed by atoms with Crippen molar-refractivity contribution >= 4 is 16.9 Å². The fraction of sp³-hybridized carbons (Fsp3) is 0.111. The third-order valence-corrected chi connectivity index (χ3v) is 1.82. The van der Waals surface area contributed by atoms with Gasteiger partial charge in [0.1, 0.15) is 11.5 Å². The summed E-state index contributed by atoms with van der Waals surface area (Å²) < 4.78 is 0. The van der Waals surface area contributed by atoms with Crippen LogP contribution in [0.1, 0.15) is 5.69 Å². The molecule has 0 aliphatic rings. The number of anilines is 1. The molecule has 0 radical (unpaired) electrons. The Labute approximate surface area is 75.1 Å². The molecule has 0 aliphatic carbocycles. The predicted molar refractivity (Wildman–Crippen MR) is 49.9 cm³/mol. The highest BCUT2D eigenvalue weighted by molar-refractivity contribution is 5.75. The molecule has 0 unspecified atom stereocenters. The Morgan fingerprint density at radius 1 is 1.15 bits per heavy atom. The monoisotopic (exact) mass is 175 g/mol. The number of fused-ring (bicyclic) bond motifs is 1. The number of aliphatic hydroxyl groups is 1. The summed E-state index contributed by atoms with van der Waals surface area (Å²) in [7, 11) is 0. The van der Waals surface area contributed by atoms with Crippen molar-refractivity contribution in [3.8, 4) is 0 Å². The number of nitrogens with zero attached hydrogens (tertiary/aromatic N) is 2. The van der Waals surface area contributed by atoms with Gasteiger partial charge < -0.3 is 10.8 Å². The van der Waals surface area contributed by atoms with E-state index in [-0.39, 0.29) is 6.61 Å². The van der Waals surface area contributed by atoms with E-state index in [2.05, 4.69) is 9.97 Å². The van der Waals surface area contributed by atoms with E-state index in [0.29, 0.717) is 11.5 Å². The van der Waals surface area contributed by atoms with Crippen molar-refractivity contribution in [3.63, 3.8) is 0 Å². The number of aliphatic hydroxyl groups excluding tert-OH is 1. The minimum Gasteiger partial charge on any atom is -0.390 e. The fourth-order valence-corrected chi connectivity index (χ4v) is 1.17. The molecule has 0 fully saturated rings. The zero-order valence-corrected chi connectivity index (χ0v) is 6.94. The Morgan fingerprint density at radius 2 is 1.77 bits per heavy atom. The summed E-state index contributed by atoms with van der Waals surface area (Å²) in [6, 6.07) is 7.41. The molecule has 0 amide bonds. The van der Waals surface area contributed by atoms with Gasteiger partial charge in [-0.3, -0.25) is 0 Å². The van der Waals surface area contributed by atoms with Crippen LogP contribution < -0.4 is 5.73 Å². The molecule has 2 rings (SSSR count). The predicted octanol–water partition coefficient (Wildman–Crippen LogP) is 0.704. The van der Waals surface area contributed by atoms with Gasteiger partial charge in [0, 0.05) is 0 Å². The van der Waals surface area contributed by atoms with Crippen molar-refractivity contribution in [2.24, 2.45) is 0 Å². The fourth-order valence-electron chi connectivity index (χ4n) is 1.17. The van der Waals surface area contributed by atoms with Crippen molar-refractivity contribution in [3.05, 3.63) is 30.0 Å². The highest BCUT2D eigenvalue weighted by Crippen LogP contribution is 2.13. The Hall–Kier alpha value is -1.68. The third kappa shape index (κ3) is 1.31. The van der Waals surface area contributed by atoms with Crippen LogP contribution in [0, 0.1) is 0 Å². The minimum atomic E-state index is -0.177. The van der Waals surface area contributed by atoms with Crippen molar-refractivity contribution in [2.45, 2.75) is 6.61 Å². The van der Waals surface area contributed by atoms with Crippen LogP contribution >= 0.6 is 0 Å². The van der Waals surface area contributed by atoms with Crippen LogP contribution in [0.3, 0.4) is 0 Å². The molecule has 1 aromatic carbocycles. The van der Waals surface area contributed by atoms with Crippen molar-refractivity contribution in [1.82, 2.24) is 9.97 Å². The number of aromatic nitrogens is 2. The van der Waals surface area contributed by atoms with Crippen LogP contribution in [0.25, 0.3) is 11.0 Å². The molecule has 0 spiro atoms. The molecule has 2 aromatic rings. The standard InChI is InChI=1S/C9H9N3O/c10-9-8(5-13)11-6-3-1-2-4-7(6)12-9/h1-4,13H,5H2,(H2,10,12). The lowest BCUT2D eigenvalue weighted by Crippen LogP contribution is -2.01. The zero-order chi connectivity index (χ0) is 9.26. The smallest absolute Gasteiger partial charge is 0.148 e. The van der Waals surface area contributed by atoms with E-state index < -0.39 is 0 Å². The average Bonchev–Trinajstić information content (AvgIpc) is 2.17. The van der Waals surface area contributed by atoms with Gasteiger partial charge in [0.15, 0.2) is 0 Å². The molecule has 0 atom stereocenters. The summed E-state index contributed by atoms with van der Waals surface area (Å²) in [5.41, 5.74) is 7.49. The van der Waals surface area contributed by atoms with Gasteiger partial charge in [-0.15, -0.1) is 0 Å². The van der Waals surface area contributed by atoms with Crippen LogP contribution in [0.2, 0.25) is 0 Å². The first-order valence-corrected chi connectivity index (χ1v) is 3.93. The molecule has 4 heteroatoms. The maximum absolute atomic E-state index is 8.90. The molecular weight excluding hydrogens is 166 g/mol. The summed E-state index contributed by atoms with van der Waals surface area (Å²) >= 11 is 0. The molecule has 66 valence electrons. The molecule has 3 N–H and O–H groups in total. The minimum absolute atomic E-state index is 0.177. The number of hydrogen-bond acceptors (Lipinski definition) is 4. The van der Waals surface area contributed by atoms with Gasteiger partial charge in [-0.2, -0.15) is 0 Å². The topological polar surface area (TPSA) is 72.0 Å². The lowest BCUT2D eigenvalue weighted by atomic mass is 10.3. The van der Waals surface area contributed by atoms with Gasteiger partial charge >= 0.3 is 0 Å². The highest BCUT2D eigenvalue weighted by atomic mass is 16.3. The summed E-state index contributed by atoms with van der Waals surface area (Å²) in [6.07, 6.45) is 0. The molecule has 0 aliphatic heterocycles. The van der Waals surface area contributed by atoms with Crippen molar-refractivity contribution in [2.75, 3.05) is 5.73 Å². The largest absolute Gasteiger partial charge is 0.390 e. The molecular formula is C9H9N3O. The Kier molecular flexibility index (Phi) is 1.83. The second-order valence-corrected chi connectivity index (χ2v) is 2.70. The number of rotatable bonds is 1. The molecule has 0 bridgehead atoms. The Morgan fingerprint density at radius 3 is 2.38 bits per heavy atom. The number of nitrogens with two attached hydrogens (primary N) is 1. The molecule has 13 heavy (non-hydrogen) atoms. The quantitative estimate of drug-likeness (QED) is 0.669. The van der Waals surface area contributed by atoms with Crippen molar-refractivity contribution in [1.29, 1.82) is 0 Å². The van der Waals surface area contributed by atoms with Gasteiger partial charge in [0.25, 0.3) is 0 Å². The van der Waals surface area contributed by atoms with E-state index in [1.807, 2.05) is 24.3 Å². The maximum Gasteiger partial charge on any atom is 0.148 e. The number of para-hydroxylation sites is 2. The molecule has 0 saturated heterocycles. The van der Waals surface area contributed by atoms with Crippen LogP contribution in [0.5, 0.6) is 0 Å². The second-order valence-electron chi connectivity index (χ2n) is 2.70. The van der Waals surface area contributed by atoms with E-state index in [1.165, 1.54) is 0 Å². The van der Waals surface area contributed by atoms with Crippen LogP contribution in [0.15, 0.2) is 24.3 Å². The SMILES string of the molecule is Nc1nc2ccccc2nc1CO. The molecule has 1 aromatic heterocycles. The Balaban J connectivity index is 2.74. The normalized spacial score (nSPS) is 10.5. The van der Waals surface area contributed by atoms with Crippen LogP contribution in [-0.4, -0.2) is 15.1 Å². The summed E-state index contributed by atoms with van der Waals surface area (Å²) in [5.74, 6) is 0.293. The Bertz CT molecular complexity index is 442. The van der Waals surface area contributed by atoms with E-state index in [4.69, 9.17) is 10.8 Å². The van der Waals surface area contributed by atoms with Crippen LogP contribution in [0.4, 0.5) is 5.82 Å².